The zero-order valence-corrected chi connectivity index (χ0v) is 15.8. The SMILES string of the molecule is COc1cc(C(=O)N(Cc2ccccc2)Cc2ccco2)cc(OC)c1C. The molecule has 0 N–H and O–H groups in total. The molecule has 140 valence electrons. The lowest BCUT2D eigenvalue weighted by Crippen LogP contribution is -2.30. The number of carbonyl (C=O) groups excluding carboxylic acids is 1. The summed E-state index contributed by atoms with van der Waals surface area (Å²) in [7, 11) is 3.17. The van der Waals surface area contributed by atoms with Gasteiger partial charge in [-0.25, -0.2) is 0 Å². The number of rotatable bonds is 7. The Kier molecular flexibility index (Phi) is 5.81. The van der Waals surface area contributed by atoms with E-state index in [-0.39, 0.29) is 5.91 Å². The number of methoxy groups -OCH3 is 2. The summed E-state index contributed by atoms with van der Waals surface area (Å²) in [5.74, 6) is 1.85. The van der Waals surface area contributed by atoms with Crippen molar-refractivity contribution >= 4 is 5.91 Å². The third-order valence-corrected chi connectivity index (χ3v) is 4.43. The van der Waals surface area contributed by atoms with E-state index < -0.39 is 0 Å². The molecule has 0 aliphatic heterocycles. The topological polar surface area (TPSA) is 51.9 Å². The highest BCUT2D eigenvalue weighted by atomic mass is 16.5. The van der Waals surface area contributed by atoms with E-state index in [1.54, 1.807) is 37.5 Å². The van der Waals surface area contributed by atoms with Crippen LogP contribution in [0.25, 0.3) is 0 Å². The van der Waals surface area contributed by atoms with Gasteiger partial charge in [0.15, 0.2) is 0 Å². The monoisotopic (exact) mass is 365 g/mol. The van der Waals surface area contributed by atoms with Crippen LogP contribution in [0.3, 0.4) is 0 Å². The van der Waals surface area contributed by atoms with Gasteiger partial charge in [-0.05, 0) is 36.8 Å². The van der Waals surface area contributed by atoms with Crippen LogP contribution >= 0.6 is 0 Å². The number of ether oxygens (including phenoxy) is 2. The van der Waals surface area contributed by atoms with Gasteiger partial charge in [0.05, 0.1) is 27.0 Å². The molecule has 2 aromatic carbocycles. The van der Waals surface area contributed by atoms with E-state index in [1.165, 1.54) is 0 Å². The number of hydrogen-bond donors (Lipinski definition) is 0. The Morgan fingerprint density at radius 2 is 1.63 bits per heavy atom. The van der Waals surface area contributed by atoms with Crippen LogP contribution in [0.5, 0.6) is 11.5 Å². The molecule has 0 spiro atoms. The summed E-state index contributed by atoms with van der Waals surface area (Å²) in [6.45, 7) is 2.74. The predicted octanol–water partition coefficient (Wildman–Crippen LogP) is 4.45. The van der Waals surface area contributed by atoms with E-state index >= 15 is 0 Å². The number of hydrogen-bond acceptors (Lipinski definition) is 4. The smallest absolute Gasteiger partial charge is 0.254 e. The van der Waals surface area contributed by atoms with Gasteiger partial charge in [-0.3, -0.25) is 4.79 Å². The Labute approximate surface area is 159 Å². The summed E-state index contributed by atoms with van der Waals surface area (Å²) < 4.78 is 16.3. The van der Waals surface area contributed by atoms with Crippen molar-refractivity contribution in [1.29, 1.82) is 0 Å². The Balaban J connectivity index is 1.94. The molecule has 0 saturated carbocycles. The molecule has 1 aromatic heterocycles. The number of furan rings is 1. The fourth-order valence-corrected chi connectivity index (χ4v) is 2.99. The molecule has 0 aliphatic rings. The second-order valence-electron chi connectivity index (χ2n) is 6.23. The van der Waals surface area contributed by atoms with Crippen LogP contribution in [0.2, 0.25) is 0 Å². The second kappa shape index (κ2) is 8.45. The first-order valence-corrected chi connectivity index (χ1v) is 8.70. The lowest BCUT2D eigenvalue weighted by atomic mass is 10.1. The largest absolute Gasteiger partial charge is 0.496 e. The number of nitrogens with zero attached hydrogens (tertiary/aromatic N) is 1. The zero-order valence-electron chi connectivity index (χ0n) is 15.8. The van der Waals surface area contributed by atoms with Crippen molar-refractivity contribution in [2.75, 3.05) is 14.2 Å². The molecule has 0 aliphatic carbocycles. The van der Waals surface area contributed by atoms with Gasteiger partial charge < -0.3 is 18.8 Å². The molecule has 0 atom stereocenters. The minimum atomic E-state index is -0.119. The van der Waals surface area contributed by atoms with Crippen LogP contribution in [-0.2, 0) is 13.1 Å². The first-order chi connectivity index (χ1) is 13.1. The van der Waals surface area contributed by atoms with E-state index in [0.29, 0.717) is 30.2 Å². The molecule has 5 heteroatoms. The van der Waals surface area contributed by atoms with Gasteiger partial charge in [0, 0.05) is 17.7 Å². The van der Waals surface area contributed by atoms with E-state index in [1.807, 2.05) is 49.4 Å². The molecule has 1 heterocycles. The molecular formula is C22H23NO4. The fraction of sp³-hybridized carbons (Fsp3) is 0.227. The molecule has 0 radical (unpaired) electrons. The van der Waals surface area contributed by atoms with Crippen LogP contribution in [0, 0.1) is 6.92 Å². The third-order valence-electron chi connectivity index (χ3n) is 4.43. The van der Waals surface area contributed by atoms with Crippen molar-refractivity contribution < 1.29 is 18.7 Å². The van der Waals surface area contributed by atoms with Crippen molar-refractivity contribution in [3.63, 3.8) is 0 Å². The maximum atomic E-state index is 13.3. The highest BCUT2D eigenvalue weighted by Crippen LogP contribution is 2.30. The fourth-order valence-electron chi connectivity index (χ4n) is 2.99. The lowest BCUT2D eigenvalue weighted by molar-refractivity contribution is 0.0717. The van der Waals surface area contributed by atoms with E-state index in [4.69, 9.17) is 13.9 Å². The average Bonchev–Trinajstić information content (AvgIpc) is 3.21. The Morgan fingerprint density at radius 1 is 0.963 bits per heavy atom. The van der Waals surface area contributed by atoms with Crippen molar-refractivity contribution in [3.8, 4) is 11.5 Å². The van der Waals surface area contributed by atoms with Crippen LogP contribution in [-0.4, -0.2) is 25.0 Å². The first-order valence-electron chi connectivity index (χ1n) is 8.70. The second-order valence-corrected chi connectivity index (χ2v) is 6.23. The number of benzene rings is 2. The minimum Gasteiger partial charge on any atom is -0.496 e. The summed E-state index contributed by atoms with van der Waals surface area (Å²) in [6.07, 6.45) is 1.61. The van der Waals surface area contributed by atoms with Gasteiger partial charge in [0.1, 0.15) is 17.3 Å². The lowest BCUT2D eigenvalue weighted by Gasteiger charge is -2.23. The Morgan fingerprint density at radius 3 is 2.19 bits per heavy atom. The molecule has 3 aromatic rings. The van der Waals surface area contributed by atoms with Crippen LogP contribution < -0.4 is 9.47 Å². The highest BCUT2D eigenvalue weighted by molar-refractivity contribution is 5.95. The summed E-state index contributed by atoms with van der Waals surface area (Å²) in [5.41, 5.74) is 2.41. The molecule has 0 saturated heterocycles. The molecule has 1 amide bonds. The highest BCUT2D eigenvalue weighted by Gasteiger charge is 2.21. The van der Waals surface area contributed by atoms with Crippen LogP contribution in [0.1, 0.15) is 27.2 Å². The summed E-state index contributed by atoms with van der Waals surface area (Å²) in [5, 5.41) is 0. The molecule has 3 rings (SSSR count). The minimum absolute atomic E-state index is 0.119. The molecule has 5 nitrogen and oxygen atoms in total. The third kappa shape index (κ3) is 4.31. The maximum absolute atomic E-state index is 13.3. The van der Waals surface area contributed by atoms with E-state index in [9.17, 15) is 4.79 Å². The molecule has 0 unspecified atom stereocenters. The van der Waals surface area contributed by atoms with Crippen molar-refractivity contribution in [2.24, 2.45) is 0 Å². The summed E-state index contributed by atoms with van der Waals surface area (Å²) in [6, 6.07) is 17.1. The zero-order chi connectivity index (χ0) is 19.2. The van der Waals surface area contributed by atoms with Gasteiger partial charge in [-0.1, -0.05) is 30.3 Å². The maximum Gasteiger partial charge on any atom is 0.254 e. The van der Waals surface area contributed by atoms with Crippen molar-refractivity contribution in [1.82, 2.24) is 4.90 Å². The summed E-state index contributed by atoms with van der Waals surface area (Å²) in [4.78, 5) is 15.0. The van der Waals surface area contributed by atoms with Gasteiger partial charge in [-0.15, -0.1) is 0 Å². The number of amides is 1. The van der Waals surface area contributed by atoms with E-state index in [2.05, 4.69) is 0 Å². The predicted molar refractivity (Wildman–Crippen MR) is 103 cm³/mol. The Hall–Kier alpha value is -3.21. The quantitative estimate of drug-likeness (QED) is 0.621. The van der Waals surface area contributed by atoms with Gasteiger partial charge in [0.25, 0.3) is 5.91 Å². The standard InChI is InChI=1S/C22H23NO4/c1-16-20(25-2)12-18(13-21(16)26-3)22(24)23(15-19-10-7-11-27-19)14-17-8-5-4-6-9-17/h4-13H,14-15H2,1-3H3. The normalized spacial score (nSPS) is 10.5. The summed E-state index contributed by atoms with van der Waals surface area (Å²) >= 11 is 0. The van der Waals surface area contributed by atoms with Crippen LogP contribution in [0.4, 0.5) is 0 Å². The molecular weight excluding hydrogens is 342 g/mol. The first kappa shape index (κ1) is 18.6. The van der Waals surface area contributed by atoms with E-state index in [0.717, 1.165) is 16.9 Å². The van der Waals surface area contributed by atoms with Crippen molar-refractivity contribution in [2.45, 2.75) is 20.0 Å². The Bertz CT molecular complexity index is 863. The van der Waals surface area contributed by atoms with Gasteiger partial charge in [0.2, 0.25) is 0 Å². The average molecular weight is 365 g/mol. The van der Waals surface area contributed by atoms with Crippen molar-refractivity contribution in [3.05, 3.63) is 83.3 Å². The van der Waals surface area contributed by atoms with Gasteiger partial charge in [-0.2, -0.15) is 0 Å². The molecule has 0 bridgehead atoms. The van der Waals surface area contributed by atoms with Gasteiger partial charge >= 0.3 is 0 Å². The number of carbonyl (C=O) groups is 1. The molecule has 27 heavy (non-hydrogen) atoms. The molecule has 0 fully saturated rings. The van der Waals surface area contributed by atoms with Crippen LogP contribution in [0.15, 0.2) is 65.3 Å².